The normalized spacial score (nSPS) is 17.6. The molecular formula is C21H34N3OSi+. The standard InChI is InChI=1S/C21H34N3OSi/c1-15-11-16(2)20(17(3)12-15)24-14-23-18(9-10-19(23)22-24)13-25-26(7,8)21(4,5)6/h11-12,14,18H,9-10,13H2,1-8H3/q+1/t18-/m0/s1. The minimum absolute atomic E-state index is 0.249. The maximum absolute atomic E-state index is 6.49. The Kier molecular flexibility index (Phi) is 4.91. The number of hydrogen-bond donors (Lipinski definition) is 0. The molecule has 0 unspecified atom stereocenters. The number of rotatable bonds is 4. The summed E-state index contributed by atoms with van der Waals surface area (Å²) in [6, 6.07) is 4.87. The molecular weight excluding hydrogens is 338 g/mol. The molecule has 0 saturated carbocycles. The summed E-state index contributed by atoms with van der Waals surface area (Å²) in [7, 11) is -1.72. The molecule has 2 aromatic rings. The second-order valence-electron chi connectivity index (χ2n) is 9.39. The lowest BCUT2D eigenvalue weighted by Crippen LogP contribution is -2.45. The molecule has 26 heavy (non-hydrogen) atoms. The predicted octanol–water partition coefficient (Wildman–Crippen LogP) is 4.59. The van der Waals surface area contributed by atoms with Crippen molar-refractivity contribution in [2.45, 2.75) is 78.6 Å². The van der Waals surface area contributed by atoms with Gasteiger partial charge in [-0.05, 0) is 56.5 Å². The molecule has 0 radical (unpaired) electrons. The SMILES string of the molecule is Cc1cc(C)c(-n2c[n+]3c(n2)CC[C@H]3CO[Si](C)(C)C(C)(C)C)c(C)c1. The van der Waals surface area contributed by atoms with Crippen LogP contribution in [-0.4, -0.2) is 24.7 Å². The molecule has 0 N–H and O–H groups in total. The molecule has 0 saturated heterocycles. The number of aromatic nitrogens is 3. The van der Waals surface area contributed by atoms with Crippen LogP contribution < -0.4 is 4.57 Å². The average Bonchev–Trinajstić information content (AvgIpc) is 3.03. The summed E-state index contributed by atoms with van der Waals surface area (Å²) in [5, 5.41) is 5.14. The van der Waals surface area contributed by atoms with Gasteiger partial charge in [-0.1, -0.05) is 43.1 Å². The zero-order valence-corrected chi connectivity index (χ0v) is 18.7. The summed E-state index contributed by atoms with van der Waals surface area (Å²) in [5.74, 6) is 1.17. The van der Waals surface area contributed by atoms with Gasteiger partial charge >= 0.3 is 0 Å². The van der Waals surface area contributed by atoms with Crippen LogP contribution in [0.5, 0.6) is 0 Å². The van der Waals surface area contributed by atoms with Crippen molar-refractivity contribution >= 4 is 8.32 Å². The Labute approximate surface area is 159 Å². The summed E-state index contributed by atoms with van der Waals surface area (Å²) in [6.45, 7) is 18.8. The van der Waals surface area contributed by atoms with Crippen LogP contribution in [0.2, 0.25) is 18.1 Å². The first-order valence-electron chi connectivity index (χ1n) is 9.71. The summed E-state index contributed by atoms with van der Waals surface area (Å²) in [5.41, 5.74) is 5.06. The fraction of sp³-hybridized carbons (Fsp3) is 0.619. The van der Waals surface area contributed by atoms with E-state index in [1.165, 1.54) is 28.2 Å². The quantitative estimate of drug-likeness (QED) is 0.580. The van der Waals surface area contributed by atoms with Crippen molar-refractivity contribution in [3.8, 4) is 5.69 Å². The maximum atomic E-state index is 6.49. The minimum atomic E-state index is -1.72. The van der Waals surface area contributed by atoms with Gasteiger partial charge in [0.15, 0.2) is 8.32 Å². The highest BCUT2D eigenvalue weighted by Gasteiger charge is 2.39. The molecule has 1 aliphatic heterocycles. The number of benzene rings is 1. The van der Waals surface area contributed by atoms with Crippen LogP contribution in [0.25, 0.3) is 5.69 Å². The molecule has 4 nitrogen and oxygen atoms in total. The second kappa shape index (κ2) is 6.61. The van der Waals surface area contributed by atoms with Gasteiger partial charge in [0.25, 0.3) is 5.82 Å². The molecule has 0 fully saturated rings. The van der Waals surface area contributed by atoms with E-state index in [-0.39, 0.29) is 5.04 Å². The van der Waals surface area contributed by atoms with Crippen LogP contribution in [0.15, 0.2) is 18.5 Å². The zero-order chi connectivity index (χ0) is 19.3. The van der Waals surface area contributed by atoms with Crippen molar-refractivity contribution in [2.75, 3.05) is 6.61 Å². The summed E-state index contributed by atoms with van der Waals surface area (Å²) >= 11 is 0. The van der Waals surface area contributed by atoms with Crippen LogP contribution in [0.4, 0.5) is 0 Å². The smallest absolute Gasteiger partial charge is 0.278 e. The van der Waals surface area contributed by atoms with Crippen molar-refractivity contribution in [1.82, 2.24) is 9.78 Å². The number of hydrogen-bond acceptors (Lipinski definition) is 2. The van der Waals surface area contributed by atoms with Crippen LogP contribution in [0, 0.1) is 20.8 Å². The summed E-state index contributed by atoms with van der Waals surface area (Å²) < 4.78 is 10.9. The van der Waals surface area contributed by atoms with Gasteiger partial charge in [0.1, 0.15) is 11.7 Å². The molecule has 0 bridgehead atoms. The first-order valence-corrected chi connectivity index (χ1v) is 12.6. The molecule has 0 spiro atoms. The Bertz CT molecular complexity index is 794. The van der Waals surface area contributed by atoms with Gasteiger partial charge in [0.2, 0.25) is 6.33 Å². The molecule has 142 valence electrons. The second-order valence-corrected chi connectivity index (χ2v) is 14.2. The van der Waals surface area contributed by atoms with E-state index in [9.17, 15) is 0 Å². The summed E-state index contributed by atoms with van der Waals surface area (Å²) in [6.07, 6.45) is 4.33. The van der Waals surface area contributed by atoms with Crippen molar-refractivity contribution in [3.63, 3.8) is 0 Å². The van der Waals surface area contributed by atoms with E-state index in [0.29, 0.717) is 6.04 Å². The lowest BCUT2D eigenvalue weighted by molar-refractivity contribution is -0.718. The largest absolute Gasteiger partial charge is 0.413 e. The topological polar surface area (TPSA) is 30.9 Å². The van der Waals surface area contributed by atoms with E-state index in [2.05, 4.69) is 82.3 Å². The maximum Gasteiger partial charge on any atom is 0.278 e. The van der Waals surface area contributed by atoms with Gasteiger partial charge < -0.3 is 4.43 Å². The van der Waals surface area contributed by atoms with Gasteiger partial charge in [-0.15, -0.1) is 0 Å². The Morgan fingerprint density at radius 2 is 1.81 bits per heavy atom. The molecule has 1 atom stereocenters. The van der Waals surface area contributed by atoms with E-state index in [1.54, 1.807) is 0 Å². The van der Waals surface area contributed by atoms with Crippen LogP contribution >= 0.6 is 0 Å². The predicted molar refractivity (Wildman–Crippen MR) is 108 cm³/mol. The van der Waals surface area contributed by atoms with Gasteiger partial charge in [-0.2, -0.15) is 0 Å². The van der Waals surface area contributed by atoms with Crippen LogP contribution in [0.3, 0.4) is 0 Å². The highest BCUT2D eigenvalue weighted by atomic mass is 28.4. The van der Waals surface area contributed by atoms with E-state index >= 15 is 0 Å². The van der Waals surface area contributed by atoms with Gasteiger partial charge in [-0.3, -0.25) is 0 Å². The first-order chi connectivity index (χ1) is 12.0. The number of fused-ring (bicyclic) bond motifs is 1. The van der Waals surface area contributed by atoms with Crippen LogP contribution in [-0.2, 0) is 10.8 Å². The monoisotopic (exact) mass is 372 g/mol. The van der Waals surface area contributed by atoms with E-state index in [0.717, 1.165) is 19.4 Å². The first kappa shape index (κ1) is 19.3. The zero-order valence-electron chi connectivity index (χ0n) is 17.7. The van der Waals surface area contributed by atoms with Crippen molar-refractivity contribution in [1.29, 1.82) is 0 Å². The molecule has 1 aliphatic rings. The third-order valence-electron chi connectivity index (χ3n) is 6.16. The molecule has 1 aromatic heterocycles. The van der Waals surface area contributed by atoms with Crippen molar-refractivity contribution in [3.05, 3.63) is 41.0 Å². The third-order valence-corrected chi connectivity index (χ3v) is 10.7. The third kappa shape index (κ3) is 3.51. The number of nitrogens with zero attached hydrogens (tertiary/aromatic N) is 3. The van der Waals surface area contributed by atoms with Crippen LogP contribution in [0.1, 0.15) is 55.7 Å². The minimum Gasteiger partial charge on any atom is -0.413 e. The molecule has 0 aliphatic carbocycles. The Morgan fingerprint density at radius 1 is 1.19 bits per heavy atom. The Hall–Kier alpha value is -1.46. The lowest BCUT2D eigenvalue weighted by Gasteiger charge is -2.36. The molecule has 2 heterocycles. The lowest BCUT2D eigenvalue weighted by atomic mass is 10.1. The van der Waals surface area contributed by atoms with Gasteiger partial charge in [-0.25, -0.2) is 4.57 Å². The van der Waals surface area contributed by atoms with Crippen molar-refractivity contribution in [2.24, 2.45) is 0 Å². The van der Waals surface area contributed by atoms with E-state index in [4.69, 9.17) is 9.52 Å². The van der Waals surface area contributed by atoms with Gasteiger partial charge in [0, 0.05) is 11.5 Å². The van der Waals surface area contributed by atoms with E-state index < -0.39 is 8.32 Å². The number of aryl methyl sites for hydroxylation is 4. The fourth-order valence-corrected chi connectivity index (χ4v) is 4.67. The van der Waals surface area contributed by atoms with Crippen molar-refractivity contribution < 1.29 is 8.99 Å². The molecule has 3 rings (SSSR count). The van der Waals surface area contributed by atoms with E-state index in [1.807, 2.05) is 0 Å². The summed E-state index contributed by atoms with van der Waals surface area (Å²) in [4.78, 5) is 0. The fourth-order valence-electron chi connectivity index (χ4n) is 3.63. The van der Waals surface area contributed by atoms with Gasteiger partial charge in [0.05, 0.1) is 6.61 Å². The Morgan fingerprint density at radius 3 is 2.38 bits per heavy atom. The Balaban J connectivity index is 1.83. The average molecular weight is 373 g/mol. The highest BCUT2D eigenvalue weighted by molar-refractivity contribution is 6.74. The molecule has 1 aromatic carbocycles. The molecule has 0 amide bonds. The molecule has 5 heteroatoms. The highest BCUT2D eigenvalue weighted by Crippen LogP contribution is 2.37.